The van der Waals surface area contributed by atoms with Crippen LogP contribution in [-0.4, -0.2) is 31.7 Å². The summed E-state index contributed by atoms with van der Waals surface area (Å²) < 4.78 is 10.6. The predicted octanol–water partition coefficient (Wildman–Crippen LogP) is 3.16. The van der Waals surface area contributed by atoms with Crippen LogP contribution in [0.3, 0.4) is 0 Å². The number of carbonyl (C=O) groups is 1. The molecule has 0 aliphatic rings. The monoisotopic (exact) mass is 324 g/mol. The van der Waals surface area contributed by atoms with E-state index in [1.54, 1.807) is 20.4 Å². The minimum Gasteiger partial charge on any atom is -0.497 e. The second-order valence-corrected chi connectivity index (χ2v) is 5.43. The Hall–Kier alpha value is -2.95. The highest BCUT2D eigenvalue weighted by Crippen LogP contribution is 2.24. The molecule has 0 radical (unpaired) electrons. The predicted molar refractivity (Wildman–Crippen MR) is 93.9 cm³/mol. The van der Waals surface area contributed by atoms with Crippen LogP contribution >= 0.6 is 0 Å². The lowest BCUT2D eigenvalue weighted by molar-refractivity contribution is 0.0955. The lowest BCUT2D eigenvalue weighted by Gasteiger charge is -2.11. The molecule has 0 bridgehead atoms. The van der Waals surface area contributed by atoms with E-state index in [9.17, 15) is 4.79 Å². The van der Waals surface area contributed by atoms with Gasteiger partial charge in [-0.3, -0.25) is 4.79 Å². The third kappa shape index (κ3) is 3.20. The van der Waals surface area contributed by atoms with Crippen molar-refractivity contribution >= 4 is 16.8 Å². The number of H-pyrrole nitrogens is 1. The molecule has 0 aliphatic heterocycles. The number of ether oxygens (including phenoxy) is 2. The third-order valence-electron chi connectivity index (χ3n) is 4.00. The summed E-state index contributed by atoms with van der Waals surface area (Å²) >= 11 is 0. The molecule has 5 heteroatoms. The zero-order valence-corrected chi connectivity index (χ0v) is 13.8. The number of amides is 1. The zero-order chi connectivity index (χ0) is 16.9. The molecule has 2 N–H and O–H groups in total. The number of fused-ring (bicyclic) bond motifs is 1. The lowest BCUT2D eigenvalue weighted by atomic mass is 10.1. The molecule has 0 atom stereocenters. The average molecular weight is 324 g/mol. The summed E-state index contributed by atoms with van der Waals surface area (Å²) in [7, 11) is 3.26. The molecule has 0 aliphatic carbocycles. The minimum atomic E-state index is -0.0886. The Balaban J connectivity index is 1.67. The molecular formula is C19H20N2O3. The summed E-state index contributed by atoms with van der Waals surface area (Å²) in [6.45, 7) is 0.516. The second kappa shape index (κ2) is 7.08. The highest BCUT2D eigenvalue weighted by atomic mass is 16.5. The van der Waals surface area contributed by atoms with Crippen LogP contribution in [0, 0.1) is 0 Å². The van der Waals surface area contributed by atoms with Crippen LogP contribution in [-0.2, 0) is 6.42 Å². The minimum absolute atomic E-state index is 0.0886. The quantitative estimate of drug-likeness (QED) is 0.732. The first-order valence-electron chi connectivity index (χ1n) is 7.78. The van der Waals surface area contributed by atoms with E-state index in [0.29, 0.717) is 18.5 Å². The Kier molecular flexibility index (Phi) is 4.70. The fraction of sp³-hybridized carbons (Fsp3) is 0.211. The number of para-hydroxylation sites is 1. The van der Waals surface area contributed by atoms with E-state index < -0.39 is 0 Å². The fourth-order valence-electron chi connectivity index (χ4n) is 2.74. The van der Waals surface area contributed by atoms with Crippen molar-refractivity contribution in [3.05, 3.63) is 59.8 Å². The zero-order valence-electron chi connectivity index (χ0n) is 13.8. The van der Waals surface area contributed by atoms with E-state index in [1.165, 1.54) is 0 Å². The summed E-state index contributed by atoms with van der Waals surface area (Å²) in [4.78, 5) is 15.5. The van der Waals surface area contributed by atoms with Crippen LogP contribution in [0.2, 0.25) is 0 Å². The second-order valence-electron chi connectivity index (χ2n) is 5.43. The van der Waals surface area contributed by atoms with E-state index >= 15 is 0 Å². The molecular weight excluding hydrogens is 304 g/mol. The van der Waals surface area contributed by atoms with Crippen molar-refractivity contribution in [3.8, 4) is 11.5 Å². The van der Waals surface area contributed by atoms with Gasteiger partial charge in [-0.05, 0) is 36.2 Å². The maximum absolute atomic E-state index is 12.4. The summed E-state index contributed by atoms with van der Waals surface area (Å²) in [6.07, 6.45) is 2.40. The number of aromatic nitrogens is 1. The largest absolute Gasteiger partial charge is 0.497 e. The first kappa shape index (κ1) is 15.9. The van der Waals surface area contributed by atoms with Crippen LogP contribution in [0.4, 0.5) is 0 Å². The highest BCUT2D eigenvalue weighted by molar-refractivity contribution is 6.06. The normalized spacial score (nSPS) is 10.6. The van der Waals surface area contributed by atoms with E-state index in [-0.39, 0.29) is 5.91 Å². The van der Waals surface area contributed by atoms with Gasteiger partial charge in [0.1, 0.15) is 11.5 Å². The van der Waals surface area contributed by atoms with Gasteiger partial charge in [-0.2, -0.15) is 0 Å². The number of methoxy groups -OCH3 is 2. The molecule has 24 heavy (non-hydrogen) atoms. The van der Waals surface area contributed by atoms with Gasteiger partial charge in [0.15, 0.2) is 0 Å². The number of benzene rings is 2. The Morgan fingerprint density at radius 2 is 1.96 bits per heavy atom. The molecule has 0 saturated carbocycles. The smallest absolute Gasteiger partial charge is 0.253 e. The molecule has 1 amide bonds. The topological polar surface area (TPSA) is 63.4 Å². The van der Waals surface area contributed by atoms with Gasteiger partial charge in [-0.25, -0.2) is 0 Å². The average Bonchev–Trinajstić information content (AvgIpc) is 3.05. The van der Waals surface area contributed by atoms with Gasteiger partial charge in [0.2, 0.25) is 0 Å². The van der Waals surface area contributed by atoms with Crippen molar-refractivity contribution in [2.75, 3.05) is 20.8 Å². The molecule has 0 fully saturated rings. The van der Waals surface area contributed by atoms with Gasteiger partial charge in [-0.15, -0.1) is 0 Å². The molecule has 0 spiro atoms. The molecule has 3 aromatic rings. The van der Waals surface area contributed by atoms with Gasteiger partial charge in [0, 0.05) is 23.6 Å². The maximum Gasteiger partial charge on any atom is 0.253 e. The van der Waals surface area contributed by atoms with Crippen LogP contribution < -0.4 is 14.8 Å². The van der Waals surface area contributed by atoms with Crippen molar-refractivity contribution in [1.82, 2.24) is 10.3 Å². The molecule has 124 valence electrons. The maximum atomic E-state index is 12.4. The number of hydrogen-bond acceptors (Lipinski definition) is 3. The van der Waals surface area contributed by atoms with E-state index in [1.807, 2.05) is 42.5 Å². The van der Waals surface area contributed by atoms with Crippen molar-refractivity contribution in [2.45, 2.75) is 6.42 Å². The molecule has 1 heterocycles. The van der Waals surface area contributed by atoms with Gasteiger partial charge in [0.25, 0.3) is 5.91 Å². The van der Waals surface area contributed by atoms with Crippen LogP contribution in [0.15, 0.2) is 48.7 Å². The highest BCUT2D eigenvalue weighted by Gasteiger charge is 2.12. The fourth-order valence-corrected chi connectivity index (χ4v) is 2.74. The first-order chi connectivity index (χ1) is 11.7. The molecule has 5 nitrogen and oxygen atoms in total. The first-order valence-corrected chi connectivity index (χ1v) is 7.78. The number of nitrogens with one attached hydrogen (secondary N) is 2. The van der Waals surface area contributed by atoms with Crippen molar-refractivity contribution in [1.29, 1.82) is 0 Å². The third-order valence-corrected chi connectivity index (χ3v) is 4.00. The lowest BCUT2D eigenvalue weighted by Crippen LogP contribution is -2.25. The van der Waals surface area contributed by atoms with Gasteiger partial charge in [0.05, 0.1) is 19.8 Å². The van der Waals surface area contributed by atoms with E-state index in [2.05, 4.69) is 10.3 Å². The standard InChI is InChI=1S/C19H20N2O3/c1-23-14-7-8-18(24-2)13(11-14)9-10-20-19(22)16-12-21-17-6-4-3-5-15(16)17/h3-8,11-12,21H,9-10H2,1-2H3,(H,20,22). The molecule has 2 aromatic carbocycles. The summed E-state index contributed by atoms with van der Waals surface area (Å²) in [5.41, 5.74) is 2.61. The van der Waals surface area contributed by atoms with Crippen LogP contribution in [0.25, 0.3) is 10.9 Å². The molecule has 0 unspecified atom stereocenters. The number of hydrogen-bond donors (Lipinski definition) is 2. The number of carbonyl (C=O) groups excluding carboxylic acids is 1. The Morgan fingerprint density at radius 1 is 1.12 bits per heavy atom. The van der Waals surface area contributed by atoms with Crippen LogP contribution in [0.1, 0.15) is 15.9 Å². The molecule has 1 aromatic heterocycles. The Morgan fingerprint density at radius 3 is 2.75 bits per heavy atom. The van der Waals surface area contributed by atoms with Crippen LogP contribution in [0.5, 0.6) is 11.5 Å². The van der Waals surface area contributed by atoms with Gasteiger partial charge < -0.3 is 19.8 Å². The van der Waals surface area contributed by atoms with E-state index in [4.69, 9.17) is 9.47 Å². The van der Waals surface area contributed by atoms with Gasteiger partial charge >= 0.3 is 0 Å². The molecule has 3 rings (SSSR count). The van der Waals surface area contributed by atoms with E-state index in [0.717, 1.165) is 28.0 Å². The van der Waals surface area contributed by atoms with Crippen molar-refractivity contribution in [3.63, 3.8) is 0 Å². The Labute approximate surface area is 140 Å². The Bertz CT molecular complexity index is 855. The number of rotatable bonds is 6. The SMILES string of the molecule is COc1ccc(OC)c(CCNC(=O)c2c[nH]c3ccccc23)c1. The number of aromatic amines is 1. The van der Waals surface area contributed by atoms with Crippen molar-refractivity contribution < 1.29 is 14.3 Å². The van der Waals surface area contributed by atoms with Crippen molar-refractivity contribution in [2.24, 2.45) is 0 Å². The summed E-state index contributed by atoms with van der Waals surface area (Å²) in [5.74, 6) is 1.47. The summed E-state index contributed by atoms with van der Waals surface area (Å²) in [5, 5.41) is 3.88. The summed E-state index contributed by atoms with van der Waals surface area (Å²) in [6, 6.07) is 13.4. The molecule has 0 saturated heterocycles. The van der Waals surface area contributed by atoms with Gasteiger partial charge in [-0.1, -0.05) is 18.2 Å².